The van der Waals surface area contributed by atoms with E-state index in [2.05, 4.69) is 4.98 Å². The van der Waals surface area contributed by atoms with Crippen molar-refractivity contribution < 1.29 is 18.7 Å². The molecule has 0 bridgehead atoms. The molecule has 0 saturated heterocycles. The number of fused-ring (bicyclic) bond motifs is 1. The van der Waals surface area contributed by atoms with Crippen molar-refractivity contribution >= 4 is 44.8 Å². The molecule has 6 nitrogen and oxygen atoms in total. The molecule has 1 amide bonds. The van der Waals surface area contributed by atoms with Gasteiger partial charge in [0.15, 0.2) is 17.4 Å². The number of aromatic nitrogens is 1. The largest absolute Gasteiger partial charge is 0.450 e. The predicted octanol–water partition coefficient (Wildman–Crippen LogP) is 4.43. The average Bonchev–Trinajstić information content (AvgIpc) is 3.45. The molecular formula is C20H16N2O4S2. The Morgan fingerprint density at radius 3 is 2.82 bits per heavy atom. The van der Waals surface area contributed by atoms with Gasteiger partial charge in [0, 0.05) is 13.6 Å². The zero-order chi connectivity index (χ0) is 19.5. The third-order valence-electron chi connectivity index (χ3n) is 4.06. The Kier molecular flexibility index (Phi) is 5.23. The molecule has 28 heavy (non-hydrogen) atoms. The SMILES string of the molecule is CN(Cc1ccsc1)C(=O)COC(=O)c1ccc(-c2nc3ccccc3s2)o1. The second-order valence-corrected chi connectivity index (χ2v) is 7.92. The van der Waals surface area contributed by atoms with Crippen molar-refractivity contribution in [1.82, 2.24) is 9.88 Å². The first kappa shape index (κ1) is 18.4. The molecule has 0 saturated carbocycles. The molecule has 0 aliphatic rings. The standard InChI is InChI=1S/C20H16N2O4S2/c1-22(10-13-8-9-27-12-13)18(23)11-25-20(24)16-7-6-15(26-16)19-21-14-4-2-3-5-17(14)28-19/h2-9,12H,10-11H2,1H3. The van der Waals surface area contributed by atoms with E-state index in [9.17, 15) is 9.59 Å². The maximum absolute atomic E-state index is 12.2. The summed E-state index contributed by atoms with van der Waals surface area (Å²) < 4.78 is 11.7. The van der Waals surface area contributed by atoms with Crippen LogP contribution in [0.5, 0.6) is 0 Å². The number of thiazole rings is 1. The Labute approximate surface area is 169 Å². The molecule has 0 aliphatic heterocycles. The van der Waals surface area contributed by atoms with Gasteiger partial charge >= 0.3 is 5.97 Å². The van der Waals surface area contributed by atoms with Crippen LogP contribution in [0.4, 0.5) is 0 Å². The number of hydrogen-bond donors (Lipinski definition) is 0. The molecule has 0 spiro atoms. The number of furan rings is 1. The van der Waals surface area contributed by atoms with Crippen LogP contribution < -0.4 is 0 Å². The number of rotatable bonds is 6. The van der Waals surface area contributed by atoms with Crippen LogP contribution in [-0.4, -0.2) is 35.4 Å². The third kappa shape index (κ3) is 3.97. The van der Waals surface area contributed by atoms with E-state index in [1.54, 1.807) is 24.5 Å². The number of hydrogen-bond acceptors (Lipinski definition) is 7. The van der Waals surface area contributed by atoms with Crippen molar-refractivity contribution in [2.75, 3.05) is 13.7 Å². The predicted molar refractivity (Wildman–Crippen MR) is 108 cm³/mol. The summed E-state index contributed by atoms with van der Waals surface area (Å²) in [6.45, 7) is 0.138. The van der Waals surface area contributed by atoms with E-state index >= 15 is 0 Å². The summed E-state index contributed by atoms with van der Waals surface area (Å²) in [7, 11) is 1.67. The highest BCUT2D eigenvalue weighted by Crippen LogP contribution is 2.31. The number of nitrogens with zero attached hydrogens (tertiary/aromatic N) is 2. The first-order chi connectivity index (χ1) is 13.6. The van der Waals surface area contributed by atoms with Crippen LogP contribution in [0.3, 0.4) is 0 Å². The summed E-state index contributed by atoms with van der Waals surface area (Å²) in [5.41, 5.74) is 1.92. The molecule has 0 unspecified atom stereocenters. The second-order valence-electron chi connectivity index (χ2n) is 6.11. The van der Waals surface area contributed by atoms with Crippen LogP contribution in [0.1, 0.15) is 16.1 Å². The summed E-state index contributed by atoms with van der Waals surface area (Å²) in [4.78, 5) is 30.4. The van der Waals surface area contributed by atoms with Gasteiger partial charge in [0.1, 0.15) is 0 Å². The minimum absolute atomic E-state index is 0.0440. The second kappa shape index (κ2) is 7.95. The van der Waals surface area contributed by atoms with Crippen LogP contribution in [-0.2, 0) is 16.1 Å². The highest BCUT2D eigenvalue weighted by molar-refractivity contribution is 7.21. The van der Waals surface area contributed by atoms with E-state index in [0.29, 0.717) is 17.3 Å². The monoisotopic (exact) mass is 412 g/mol. The lowest BCUT2D eigenvalue weighted by atomic mass is 10.3. The number of para-hydroxylation sites is 1. The minimum atomic E-state index is -0.676. The zero-order valence-electron chi connectivity index (χ0n) is 15.0. The number of amides is 1. The lowest BCUT2D eigenvalue weighted by Gasteiger charge is -2.16. The van der Waals surface area contributed by atoms with Crippen molar-refractivity contribution in [1.29, 1.82) is 0 Å². The summed E-state index contributed by atoms with van der Waals surface area (Å²) in [5, 5.41) is 4.61. The topological polar surface area (TPSA) is 72.6 Å². The fourth-order valence-corrected chi connectivity index (χ4v) is 4.18. The summed E-state index contributed by atoms with van der Waals surface area (Å²) in [5.74, 6) is -0.418. The number of esters is 1. The highest BCUT2D eigenvalue weighted by atomic mass is 32.1. The molecule has 4 rings (SSSR count). The fourth-order valence-electron chi connectivity index (χ4n) is 2.59. The van der Waals surface area contributed by atoms with E-state index < -0.39 is 5.97 Å². The molecule has 0 aliphatic carbocycles. The van der Waals surface area contributed by atoms with Gasteiger partial charge in [-0.15, -0.1) is 11.3 Å². The van der Waals surface area contributed by atoms with Crippen LogP contribution >= 0.6 is 22.7 Å². The Morgan fingerprint density at radius 1 is 1.18 bits per heavy atom. The van der Waals surface area contributed by atoms with Gasteiger partial charge in [0.25, 0.3) is 5.91 Å². The van der Waals surface area contributed by atoms with Crippen molar-refractivity contribution in [3.8, 4) is 10.8 Å². The molecule has 3 aromatic heterocycles. The summed E-state index contributed by atoms with van der Waals surface area (Å²) in [6, 6.07) is 12.9. The van der Waals surface area contributed by atoms with Crippen LogP contribution in [0.25, 0.3) is 21.0 Å². The van der Waals surface area contributed by atoms with Gasteiger partial charge in [-0.3, -0.25) is 4.79 Å². The number of likely N-dealkylation sites (N-methyl/N-ethyl adjacent to an activating group) is 1. The Morgan fingerprint density at radius 2 is 2.04 bits per heavy atom. The molecule has 0 radical (unpaired) electrons. The molecule has 0 fully saturated rings. The van der Waals surface area contributed by atoms with E-state index in [-0.39, 0.29) is 18.3 Å². The lowest BCUT2D eigenvalue weighted by Crippen LogP contribution is -2.30. The fraction of sp³-hybridized carbons (Fsp3) is 0.150. The van der Waals surface area contributed by atoms with Gasteiger partial charge in [0.2, 0.25) is 5.76 Å². The summed E-state index contributed by atoms with van der Waals surface area (Å²) in [6.07, 6.45) is 0. The smallest absolute Gasteiger partial charge is 0.374 e. The first-order valence-corrected chi connectivity index (χ1v) is 10.2. The minimum Gasteiger partial charge on any atom is -0.450 e. The van der Waals surface area contributed by atoms with Crippen LogP contribution in [0, 0.1) is 0 Å². The number of carbonyl (C=O) groups is 2. The van der Waals surface area contributed by atoms with E-state index in [4.69, 9.17) is 9.15 Å². The van der Waals surface area contributed by atoms with Crippen LogP contribution in [0.15, 0.2) is 57.6 Å². The van der Waals surface area contributed by atoms with Crippen molar-refractivity contribution in [2.45, 2.75) is 6.54 Å². The third-order valence-corrected chi connectivity index (χ3v) is 5.85. The maximum Gasteiger partial charge on any atom is 0.374 e. The first-order valence-electron chi connectivity index (χ1n) is 8.48. The van der Waals surface area contributed by atoms with Gasteiger partial charge in [-0.2, -0.15) is 11.3 Å². The molecule has 3 heterocycles. The van der Waals surface area contributed by atoms with E-state index in [0.717, 1.165) is 15.8 Å². The van der Waals surface area contributed by atoms with E-state index in [1.165, 1.54) is 22.3 Å². The Balaban J connectivity index is 1.37. The van der Waals surface area contributed by atoms with Gasteiger partial charge < -0.3 is 14.1 Å². The molecule has 0 N–H and O–H groups in total. The molecule has 4 aromatic rings. The molecule has 8 heteroatoms. The molecule has 1 aromatic carbocycles. The molecular weight excluding hydrogens is 396 g/mol. The normalized spacial score (nSPS) is 10.9. The molecule has 142 valence electrons. The van der Waals surface area contributed by atoms with Gasteiger partial charge in [-0.1, -0.05) is 12.1 Å². The van der Waals surface area contributed by atoms with Gasteiger partial charge in [0.05, 0.1) is 10.2 Å². The average molecular weight is 412 g/mol. The number of benzene rings is 1. The van der Waals surface area contributed by atoms with Gasteiger partial charge in [-0.25, -0.2) is 9.78 Å². The quantitative estimate of drug-likeness (QED) is 0.438. The van der Waals surface area contributed by atoms with Crippen molar-refractivity contribution in [2.24, 2.45) is 0 Å². The number of ether oxygens (including phenoxy) is 1. The number of carbonyl (C=O) groups excluding carboxylic acids is 2. The maximum atomic E-state index is 12.2. The van der Waals surface area contributed by atoms with Crippen LogP contribution in [0.2, 0.25) is 0 Å². The summed E-state index contributed by atoms with van der Waals surface area (Å²) >= 11 is 3.05. The van der Waals surface area contributed by atoms with Gasteiger partial charge in [-0.05, 0) is 46.7 Å². The van der Waals surface area contributed by atoms with Crippen molar-refractivity contribution in [3.05, 3.63) is 64.5 Å². The molecule has 0 atom stereocenters. The Bertz CT molecular complexity index is 1080. The number of thiophene rings is 1. The van der Waals surface area contributed by atoms with Crippen molar-refractivity contribution in [3.63, 3.8) is 0 Å². The highest BCUT2D eigenvalue weighted by Gasteiger charge is 2.18. The lowest BCUT2D eigenvalue weighted by molar-refractivity contribution is -0.133. The Hall–Kier alpha value is -2.97. The van der Waals surface area contributed by atoms with E-state index in [1.807, 2.05) is 41.1 Å². The zero-order valence-corrected chi connectivity index (χ0v) is 16.6.